The van der Waals surface area contributed by atoms with Crippen LogP contribution in [0.15, 0.2) is 30.3 Å². The summed E-state index contributed by atoms with van der Waals surface area (Å²) >= 11 is 0. The van der Waals surface area contributed by atoms with Crippen LogP contribution in [0.2, 0.25) is 0 Å². The minimum atomic E-state index is -0.717. The first-order valence-corrected chi connectivity index (χ1v) is 11.2. The smallest absolute Gasteiger partial charge is 0.243 e. The van der Waals surface area contributed by atoms with Gasteiger partial charge < -0.3 is 25.6 Å². The van der Waals surface area contributed by atoms with E-state index in [2.05, 4.69) is 16.0 Å². The second kappa shape index (κ2) is 11.2. The number of nitrogens with zero attached hydrogens (tertiary/aromatic N) is 1. The van der Waals surface area contributed by atoms with Gasteiger partial charge >= 0.3 is 0 Å². The van der Waals surface area contributed by atoms with Crippen LogP contribution in [-0.4, -0.2) is 73.6 Å². The maximum atomic E-state index is 12.9. The molecule has 2 aliphatic heterocycles. The van der Waals surface area contributed by atoms with Crippen molar-refractivity contribution in [2.45, 2.75) is 63.3 Å². The molecule has 0 aromatic heterocycles. The Balaban J connectivity index is 1.76. The quantitative estimate of drug-likeness (QED) is 0.650. The number of hydrogen-bond donors (Lipinski definition) is 3. The van der Waals surface area contributed by atoms with Crippen molar-refractivity contribution in [3.05, 3.63) is 35.9 Å². The highest BCUT2D eigenvalue weighted by Crippen LogP contribution is 2.19. The molecular weight excluding hydrogens is 396 g/mol. The highest BCUT2D eigenvalue weighted by atomic mass is 16.5. The highest BCUT2D eigenvalue weighted by Gasteiger charge is 2.30. The highest BCUT2D eigenvalue weighted by molar-refractivity contribution is 5.91. The minimum absolute atomic E-state index is 0.0179. The van der Waals surface area contributed by atoms with Crippen LogP contribution in [-0.2, 0) is 25.5 Å². The maximum absolute atomic E-state index is 12.9. The van der Waals surface area contributed by atoms with Gasteiger partial charge in [0.15, 0.2) is 0 Å². The number of fused-ring (bicyclic) bond motifs is 2. The lowest BCUT2D eigenvalue weighted by Crippen LogP contribution is -2.53. The summed E-state index contributed by atoms with van der Waals surface area (Å²) in [4.78, 5) is 39.9. The summed E-state index contributed by atoms with van der Waals surface area (Å²) in [6, 6.07) is 8.50. The molecule has 8 nitrogen and oxygen atoms in total. The summed E-state index contributed by atoms with van der Waals surface area (Å²) in [6.45, 7) is 2.93. The molecule has 0 radical (unpaired) electrons. The van der Waals surface area contributed by atoms with Gasteiger partial charge in [0, 0.05) is 26.6 Å². The minimum Gasteiger partial charge on any atom is -0.372 e. The fourth-order valence-electron chi connectivity index (χ4n) is 4.15. The van der Waals surface area contributed by atoms with Gasteiger partial charge in [-0.25, -0.2) is 0 Å². The normalized spacial score (nSPS) is 28.5. The lowest BCUT2D eigenvalue weighted by Gasteiger charge is -2.26. The van der Waals surface area contributed by atoms with Gasteiger partial charge in [-0.3, -0.25) is 14.4 Å². The van der Waals surface area contributed by atoms with E-state index in [4.69, 9.17) is 4.74 Å². The fourth-order valence-corrected chi connectivity index (χ4v) is 4.15. The molecule has 0 saturated carbocycles. The lowest BCUT2D eigenvalue weighted by molar-refractivity contribution is -0.137. The summed E-state index contributed by atoms with van der Waals surface area (Å²) in [5.74, 6) is -0.713. The van der Waals surface area contributed by atoms with Crippen LogP contribution >= 0.6 is 0 Å². The monoisotopic (exact) mass is 430 g/mol. The number of nitrogens with one attached hydrogen (secondary N) is 3. The zero-order valence-corrected chi connectivity index (χ0v) is 18.4. The molecule has 2 aliphatic rings. The topological polar surface area (TPSA) is 99.8 Å². The van der Waals surface area contributed by atoms with Gasteiger partial charge in [0.25, 0.3) is 0 Å². The van der Waals surface area contributed by atoms with Crippen LogP contribution in [0.25, 0.3) is 0 Å². The molecule has 1 aromatic rings. The molecule has 0 aliphatic carbocycles. The second-order valence-electron chi connectivity index (χ2n) is 8.46. The number of carbonyl (C=O) groups is 3. The molecule has 170 valence electrons. The van der Waals surface area contributed by atoms with Crippen LogP contribution in [0, 0.1) is 0 Å². The number of amides is 3. The molecule has 2 bridgehead atoms. The summed E-state index contributed by atoms with van der Waals surface area (Å²) in [6.07, 6.45) is 3.63. The predicted molar refractivity (Wildman–Crippen MR) is 117 cm³/mol. The van der Waals surface area contributed by atoms with Gasteiger partial charge in [-0.1, -0.05) is 43.7 Å². The third kappa shape index (κ3) is 6.77. The SMILES string of the molecule is CCC[C@@H]1NC[C@@H]2CC[C@H](CNC(=O)[C@@H](Cc3ccccc3)NC(=O)CN(C)C1=O)O2. The van der Waals surface area contributed by atoms with Gasteiger partial charge in [-0.15, -0.1) is 0 Å². The number of rotatable bonds is 4. The standard InChI is InChI=1S/C23H34N4O4/c1-3-7-19-23(30)27(2)15-21(28)26-20(12-16-8-5-4-6-9-16)22(29)25-14-18-11-10-17(31-18)13-24-19/h4-6,8-9,17-20,24H,3,7,10-15H2,1-2H3,(H,25,29)(H,26,28)/t17-,18+,19-,20+/m0/s1. The molecule has 1 aromatic carbocycles. The first kappa shape index (κ1) is 23.2. The van der Waals surface area contributed by atoms with Gasteiger partial charge in [0.1, 0.15) is 6.04 Å². The van der Waals surface area contributed by atoms with Crippen molar-refractivity contribution >= 4 is 17.7 Å². The molecule has 2 heterocycles. The molecule has 3 amide bonds. The van der Waals surface area contributed by atoms with Gasteiger partial charge in [0.05, 0.1) is 24.8 Å². The third-order valence-electron chi connectivity index (χ3n) is 5.86. The van der Waals surface area contributed by atoms with Crippen LogP contribution in [0.4, 0.5) is 0 Å². The zero-order chi connectivity index (χ0) is 22.2. The van der Waals surface area contributed by atoms with E-state index in [1.54, 1.807) is 7.05 Å². The van der Waals surface area contributed by atoms with Crippen molar-refractivity contribution in [3.8, 4) is 0 Å². The average Bonchev–Trinajstić information content (AvgIpc) is 3.22. The molecule has 2 fully saturated rings. The summed E-state index contributed by atoms with van der Waals surface area (Å²) < 4.78 is 6.06. The van der Waals surface area contributed by atoms with Gasteiger partial charge in [0.2, 0.25) is 17.7 Å². The number of ether oxygens (including phenoxy) is 1. The number of benzene rings is 1. The van der Waals surface area contributed by atoms with Gasteiger partial charge in [-0.05, 0) is 24.8 Å². The van der Waals surface area contributed by atoms with Crippen LogP contribution in [0.5, 0.6) is 0 Å². The van der Waals surface area contributed by atoms with E-state index in [9.17, 15) is 14.4 Å². The van der Waals surface area contributed by atoms with Gasteiger partial charge in [-0.2, -0.15) is 0 Å². The first-order valence-electron chi connectivity index (χ1n) is 11.2. The third-order valence-corrected chi connectivity index (χ3v) is 5.86. The molecule has 2 saturated heterocycles. The van der Waals surface area contributed by atoms with Crippen molar-refractivity contribution in [3.63, 3.8) is 0 Å². The Kier molecular flexibility index (Phi) is 8.43. The predicted octanol–water partition coefficient (Wildman–Crippen LogP) is 0.608. The number of hydrogen-bond acceptors (Lipinski definition) is 5. The molecule has 0 spiro atoms. The van der Waals surface area contributed by atoms with Crippen LogP contribution in [0.1, 0.15) is 38.2 Å². The van der Waals surface area contributed by atoms with E-state index < -0.39 is 6.04 Å². The maximum Gasteiger partial charge on any atom is 0.243 e. The Morgan fingerprint density at radius 2 is 1.74 bits per heavy atom. The van der Waals surface area contributed by atoms with E-state index in [-0.39, 0.29) is 42.5 Å². The van der Waals surface area contributed by atoms with Crippen molar-refractivity contribution in [2.75, 3.05) is 26.7 Å². The van der Waals surface area contributed by atoms with E-state index in [1.807, 2.05) is 37.3 Å². The number of likely N-dealkylation sites (N-methyl/N-ethyl adjacent to an activating group) is 1. The molecule has 31 heavy (non-hydrogen) atoms. The van der Waals surface area contributed by atoms with Crippen molar-refractivity contribution in [1.82, 2.24) is 20.9 Å². The van der Waals surface area contributed by atoms with Crippen LogP contribution < -0.4 is 16.0 Å². The zero-order valence-electron chi connectivity index (χ0n) is 18.4. The van der Waals surface area contributed by atoms with E-state index >= 15 is 0 Å². The van der Waals surface area contributed by atoms with E-state index in [0.717, 1.165) is 24.8 Å². The molecule has 8 heteroatoms. The molecule has 0 unspecified atom stereocenters. The summed E-state index contributed by atoms with van der Waals surface area (Å²) in [7, 11) is 1.62. The van der Waals surface area contributed by atoms with Crippen molar-refractivity contribution in [1.29, 1.82) is 0 Å². The van der Waals surface area contributed by atoms with E-state index in [1.165, 1.54) is 4.90 Å². The Hall–Kier alpha value is -2.45. The molecule has 3 rings (SSSR count). The lowest BCUT2D eigenvalue weighted by atomic mass is 10.0. The average molecular weight is 431 g/mol. The number of carbonyl (C=O) groups excluding carboxylic acids is 3. The van der Waals surface area contributed by atoms with Crippen LogP contribution in [0.3, 0.4) is 0 Å². The Bertz CT molecular complexity index is 757. The Labute approximate surface area is 184 Å². The Morgan fingerprint density at radius 1 is 1.03 bits per heavy atom. The summed E-state index contributed by atoms with van der Waals surface area (Å²) in [5.41, 5.74) is 0.953. The van der Waals surface area contributed by atoms with Crippen molar-refractivity contribution < 1.29 is 19.1 Å². The first-order chi connectivity index (χ1) is 15.0. The fraction of sp³-hybridized carbons (Fsp3) is 0.609. The summed E-state index contributed by atoms with van der Waals surface area (Å²) in [5, 5.41) is 9.09. The molecule has 4 atom stereocenters. The van der Waals surface area contributed by atoms with E-state index in [0.29, 0.717) is 25.9 Å². The largest absolute Gasteiger partial charge is 0.372 e. The Morgan fingerprint density at radius 3 is 2.45 bits per heavy atom. The second-order valence-corrected chi connectivity index (χ2v) is 8.46. The van der Waals surface area contributed by atoms with Crippen molar-refractivity contribution in [2.24, 2.45) is 0 Å². The molecular formula is C23H34N4O4. The molecule has 3 N–H and O–H groups in total.